The van der Waals surface area contributed by atoms with E-state index in [1.54, 1.807) is 20.1 Å². The molecule has 1 rings (SSSR count). The molecular weight excluding hydrogens is 298 g/mol. The van der Waals surface area contributed by atoms with Crippen molar-refractivity contribution < 1.29 is 18.8 Å². The Morgan fingerprint density at radius 1 is 1.52 bits per heavy atom. The van der Waals surface area contributed by atoms with Gasteiger partial charge in [0.15, 0.2) is 5.82 Å². The Balaban J connectivity index is 2.53. The van der Waals surface area contributed by atoms with Gasteiger partial charge in [0.25, 0.3) is 0 Å². The fourth-order valence-electron chi connectivity index (χ4n) is 1.71. The minimum Gasteiger partial charge on any atom is -0.385 e. The van der Waals surface area contributed by atoms with Crippen molar-refractivity contribution in [1.29, 1.82) is 0 Å². The highest BCUT2D eigenvalue weighted by molar-refractivity contribution is 6.19. The third-order valence-electron chi connectivity index (χ3n) is 2.67. The molecule has 1 heterocycles. The number of anilines is 1. The zero-order chi connectivity index (χ0) is 15.7. The number of amides is 2. The van der Waals surface area contributed by atoms with Gasteiger partial charge in [-0.05, 0) is 13.3 Å². The lowest BCUT2D eigenvalue weighted by Gasteiger charge is -2.21. The topological polar surface area (TPSA) is 84.7 Å². The Bertz CT molecular complexity index is 464. The van der Waals surface area contributed by atoms with E-state index >= 15 is 0 Å². The van der Waals surface area contributed by atoms with Crippen LogP contribution in [-0.4, -0.2) is 54.6 Å². The number of aromatic nitrogens is 1. The second-order valence-electron chi connectivity index (χ2n) is 4.47. The monoisotopic (exact) mass is 317 g/mol. The number of halogens is 1. The molecule has 0 unspecified atom stereocenters. The van der Waals surface area contributed by atoms with Gasteiger partial charge < -0.3 is 19.5 Å². The summed E-state index contributed by atoms with van der Waals surface area (Å²) in [6, 6.07) is 1.60. The van der Waals surface area contributed by atoms with Crippen molar-refractivity contribution >= 4 is 29.2 Å². The molecule has 0 fully saturated rings. The highest BCUT2D eigenvalue weighted by Crippen LogP contribution is 2.07. The van der Waals surface area contributed by atoms with Gasteiger partial charge in [-0.1, -0.05) is 5.16 Å². The maximum absolute atomic E-state index is 11.9. The van der Waals surface area contributed by atoms with Gasteiger partial charge in [-0.3, -0.25) is 9.59 Å². The molecule has 7 nitrogen and oxygen atoms in total. The molecule has 2 amide bonds. The molecular formula is C13H20ClN3O4. The first kappa shape index (κ1) is 17.5. The molecule has 1 aromatic heterocycles. The second-order valence-corrected chi connectivity index (χ2v) is 4.85. The molecule has 0 aliphatic heterocycles. The van der Waals surface area contributed by atoms with Gasteiger partial charge in [0.05, 0.1) is 6.54 Å². The van der Waals surface area contributed by atoms with Gasteiger partial charge >= 0.3 is 0 Å². The van der Waals surface area contributed by atoms with E-state index in [0.717, 1.165) is 0 Å². The predicted molar refractivity (Wildman–Crippen MR) is 78.3 cm³/mol. The summed E-state index contributed by atoms with van der Waals surface area (Å²) < 4.78 is 9.80. The van der Waals surface area contributed by atoms with Crippen molar-refractivity contribution in [2.45, 2.75) is 19.8 Å². The number of ether oxygens (including phenoxy) is 1. The van der Waals surface area contributed by atoms with Crippen molar-refractivity contribution in [1.82, 2.24) is 10.1 Å². The third-order valence-corrected chi connectivity index (χ3v) is 2.86. The zero-order valence-corrected chi connectivity index (χ0v) is 13.0. The summed E-state index contributed by atoms with van der Waals surface area (Å²) in [5, 5.41) is 6.25. The highest BCUT2D eigenvalue weighted by atomic mass is 35.5. The Morgan fingerprint density at radius 2 is 2.29 bits per heavy atom. The van der Waals surface area contributed by atoms with Crippen molar-refractivity contribution in [3.8, 4) is 0 Å². The summed E-state index contributed by atoms with van der Waals surface area (Å²) in [5.41, 5.74) is 0. The van der Waals surface area contributed by atoms with Crippen LogP contribution in [0.2, 0.25) is 0 Å². The molecule has 1 N–H and O–H groups in total. The summed E-state index contributed by atoms with van der Waals surface area (Å²) >= 11 is 5.58. The fraction of sp³-hybridized carbons (Fsp3) is 0.615. The standard InChI is InChI=1S/C13H20ClN3O4/c1-10-8-11(16-21-10)15-12(18)9-17(6-3-7-20-2)13(19)4-5-14/h8H,3-7,9H2,1-2H3,(H,15,16,18). The number of rotatable bonds is 9. The normalized spacial score (nSPS) is 10.4. The smallest absolute Gasteiger partial charge is 0.245 e. The number of carbonyl (C=O) groups excluding carboxylic acids is 2. The maximum atomic E-state index is 11.9. The Labute approximate surface area is 128 Å². The Kier molecular flexibility index (Phi) is 7.78. The average Bonchev–Trinajstić information content (AvgIpc) is 2.83. The van der Waals surface area contributed by atoms with E-state index in [0.29, 0.717) is 31.2 Å². The van der Waals surface area contributed by atoms with Crippen LogP contribution < -0.4 is 5.32 Å². The minimum absolute atomic E-state index is 0.0503. The molecule has 0 spiro atoms. The summed E-state index contributed by atoms with van der Waals surface area (Å²) in [6.45, 7) is 2.64. The molecule has 0 aromatic carbocycles. The second kappa shape index (κ2) is 9.36. The van der Waals surface area contributed by atoms with E-state index in [9.17, 15) is 9.59 Å². The lowest BCUT2D eigenvalue weighted by atomic mass is 10.3. The average molecular weight is 318 g/mol. The number of nitrogens with one attached hydrogen (secondary N) is 1. The van der Waals surface area contributed by atoms with Crippen LogP contribution in [0.25, 0.3) is 0 Å². The van der Waals surface area contributed by atoms with Crippen LogP contribution in [0.4, 0.5) is 5.82 Å². The van der Waals surface area contributed by atoms with Gasteiger partial charge in [0.2, 0.25) is 11.8 Å². The highest BCUT2D eigenvalue weighted by Gasteiger charge is 2.17. The first-order valence-corrected chi connectivity index (χ1v) is 7.16. The van der Waals surface area contributed by atoms with Crippen molar-refractivity contribution in [3.63, 3.8) is 0 Å². The van der Waals surface area contributed by atoms with E-state index < -0.39 is 0 Å². The van der Waals surface area contributed by atoms with Crippen LogP contribution in [0, 0.1) is 6.92 Å². The quantitative estimate of drug-likeness (QED) is 0.550. The Hall–Kier alpha value is -1.60. The number of aryl methyl sites for hydroxylation is 1. The molecule has 1 aromatic rings. The van der Waals surface area contributed by atoms with Crippen LogP contribution in [0.3, 0.4) is 0 Å². The summed E-state index contributed by atoms with van der Waals surface area (Å²) in [7, 11) is 1.59. The number of alkyl halides is 1. The van der Waals surface area contributed by atoms with Crippen LogP contribution in [0.1, 0.15) is 18.6 Å². The van der Waals surface area contributed by atoms with Crippen molar-refractivity contribution in [2.75, 3.05) is 38.0 Å². The lowest BCUT2D eigenvalue weighted by Crippen LogP contribution is -2.39. The minimum atomic E-state index is -0.330. The summed E-state index contributed by atoms with van der Waals surface area (Å²) in [5.74, 6) is 0.666. The number of methoxy groups -OCH3 is 1. The van der Waals surface area contributed by atoms with Crippen molar-refractivity contribution in [3.05, 3.63) is 11.8 Å². The van der Waals surface area contributed by atoms with Gasteiger partial charge in [-0.2, -0.15) is 0 Å². The number of carbonyl (C=O) groups is 2. The molecule has 118 valence electrons. The molecule has 0 saturated heterocycles. The van der Waals surface area contributed by atoms with Crippen molar-refractivity contribution in [2.24, 2.45) is 0 Å². The Morgan fingerprint density at radius 3 is 2.86 bits per heavy atom. The fourth-order valence-corrected chi connectivity index (χ4v) is 1.87. The number of nitrogens with zero attached hydrogens (tertiary/aromatic N) is 2. The number of hydrogen-bond donors (Lipinski definition) is 1. The van der Waals surface area contributed by atoms with Gasteiger partial charge in [-0.25, -0.2) is 0 Å². The SMILES string of the molecule is COCCCN(CC(=O)Nc1cc(C)on1)C(=O)CCCl. The molecule has 8 heteroatoms. The molecule has 0 bridgehead atoms. The van der Waals surface area contributed by atoms with E-state index in [1.165, 1.54) is 4.90 Å². The zero-order valence-electron chi connectivity index (χ0n) is 12.2. The summed E-state index contributed by atoms with van der Waals surface area (Å²) in [6.07, 6.45) is 0.853. The van der Waals surface area contributed by atoms with E-state index in [4.69, 9.17) is 20.9 Å². The predicted octanol–water partition coefficient (Wildman–Crippen LogP) is 1.42. The molecule has 0 radical (unpaired) electrons. The first-order valence-electron chi connectivity index (χ1n) is 6.62. The van der Waals surface area contributed by atoms with Crippen LogP contribution in [0.5, 0.6) is 0 Å². The lowest BCUT2D eigenvalue weighted by molar-refractivity contribution is -0.134. The van der Waals surface area contributed by atoms with E-state index in [2.05, 4.69) is 10.5 Å². The van der Waals surface area contributed by atoms with Gasteiger partial charge in [0.1, 0.15) is 5.76 Å². The molecule has 21 heavy (non-hydrogen) atoms. The molecule has 0 aliphatic rings. The maximum Gasteiger partial charge on any atom is 0.245 e. The molecule has 0 atom stereocenters. The molecule has 0 saturated carbocycles. The van der Waals surface area contributed by atoms with Crippen LogP contribution in [-0.2, 0) is 14.3 Å². The van der Waals surface area contributed by atoms with Crippen LogP contribution in [0.15, 0.2) is 10.6 Å². The van der Waals surface area contributed by atoms with Gasteiger partial charge in [0, 0.05) is 38.6 Å². The van der Waals surface area contributed by atoms with E-state index in [1.807, 2.05) is 0 Å². The third kappa shape index (κ3) is 6.59. The van der Waals surface area contributed by atoms with Gasteiger partial charge in [-0.15, -0.1) is 11.6 Å². The number of hydrogen-bond acceptors (Lipinski definition) is 5. The van der Waals surface area contributed by atoms with E-state index in [-0.39, 0.29) is 30.7 Å². The first-order chi connectivity index (χ1) is 10.1. The molecule has 0 aliphatic carbocycles. The van der Waals surface area contributed by atoms with Crippen LogP contribution >= 0.6 is 11.6 Å². The largest absolute Gasteiger partial charge is 0.385 e. The summed E-state index contributed by atoms with van der Waals surface area (Å²) in [4.78, 5) is 25.3.